The lowest BCUT2D eigenvalue weighted by molar-refractivity contribution is -0.107. The van der Waals surface area contributed by atoms with Crippen molar-refractivity contribution < 1.29 is 9.18 Å². The van der Waals surface area contributed by atoms with Gasteiger partial charge in [0.15, 0.2) is 5.82 Å². The molecule has 6 heteroatoms. The molecule has 0 spiro atoms. The van der Waals surface area contributed by atoms with E-state index >= 15 is 0 Å². The van der Waals surface area contributed by atoms with E-state index in [9.17, 15) is 9.18 Å². The van der Waals surface area contributed by atoms with E-state index in [1.165, 1.54) is 0 Å². The Morgan fingerprint density at radius 1 is 1.29 bits per heavy atom. The molecule has 0 atom stereocenters. The fourth-order valence-corrected chi connectivity index (χ4v) is 3.11. The number of fused-ring (bicyclic) bond motifs is 1. The summed E-state index contributed by atoms with van der Waals surface area (Å²) >= 11 is 3.42. The molecule has 1 N–H and O–H groups in total. The lowest BCUT2D eigenvalue weighted by atomic mass is 10.2. The second-order valence-electron chi connectivity index (χ2n) is 5.63. The topological polar surface area (TPSA) is 46.9 Å². The largest absolute Gasteiger partial charge is 0.353 e. The van der Waals surface area contributed by atoms with E-state index in [4.69, 9.17) is 0 Å². The number of nitrogens with zero attached hydrogens (tertiary/aromatic N) is 2. The van der Waals surface area contributed by atoms with Crippen molar-refractivity contribution in [3.05, 3.63) is 52.5 Å². The molecule has 0 aliphatic carbocycles. The molecule has 0 aliphatic heterocycles. The molecular formula is C18H17BrFN3O. The summed E-state index contributed by atoms with van der Waals surface area (Å²) < 4.78 is 17.6. The van der Waals surface area contributed by atoms with E-state index in [1.54, 1.807) is 12.4 Å². The highest BCUT2D eigenvalue weighted by molar-refractivity contribution is 9.10. The summed E-state index contributed by atoms with van der Waals surface area (Å²) in [5, 5.41) is 3.13. The minimum absolute atomic E-state index is 0.334. The molecule has 0 saturated heterocycles. The van der Waals surface area contributed by atoms with E-state index in [0.717, 1.165) is 27.5 Å². The van der Waals surface area contributed by atoms with E-state index in [0.29, 0.717) is 30.6 Å². The Morgan fingerprint density at radius 3 is 2.83 bits per heavy atom. The number of aldehydes is 1. The zero-order valence-corrected chi connectivity index (χ0v) is 14.8. The Morgan fingerprint density at radius 2 is 2.08 bits per heavy atom. The molecule has 0 aliphatic rings. The summed E-state index contributed by atoms with van der Waals surface area (Å²) in [7, 11) is 0. The number of nitrogens with one attached hydrogen (secondary N) is 1. The van der Waals surface area contributed by atoms with E-state index in [2.05, 4.69) is 26.2 Å². The Hall–Kier alpha value is -2.21. The van der Waals surface area contributed by atoms with Crippen molar-refractivity contribution in [3.8, 4) is 0 Å². The number of unbranched alkanes of at least 4 members (excludes halogenated alkanes) is 1. The highest BCUT2D eigenvalue weighted by atomic mass is 79.9. The molecule has 124 valence electrons. The van der Waals surface area contributed by atoms with Crippen LogP contribution in [0.3, 0.4) is 0 Å². The van der Waals surface area contributed by atoms with E-state index in [1.807, 2.05) is 35.8 Å². The van der Waals surface area contributed by atoms with Gasteiger partial charge in [-0.15, -0.1) is 0 Å². The molecule has 0 amide bonds. The maximum atomic E-state index is 14.8. The Kier molecular flexibility index (Phi) is 4.94. The van der Waals surface area contributed by atoms with Gasteiger partial charge in [0, 0.05) is 23.1 Å². The van der Waals surface area contributed by atoms with Crippen LogP contribution in [0.5, 0.6) is 0 Å². The predicted molar refractivity (Wildman–Crippen MR) is 97.2 cm³/mol. The second kappa shape index (κ2) is 7.13. The Bertz CT molecular complexity index is 891. The summed E-state index contributed by atoms with van der Waals surface area (Å²) in [5.74, 6) is -0.371. The van der Waals surface area contributed by atoms with Gasteiger partial charge in [-0.2, -0.15) is 0 Å². The van der Waals surface area contributed by atoms with Gasteiger partial charge in [0.25, 0.3) is 0 Å². The second-order valence-corrected chi connectivity index (χ2v) is 6.54. The lowest BCUT2D eigenvalue weighted by Crippen LogP contribution is -1.99. The van der Waals surface area contributed by atoms with Crippen LogP contribution < -0.4 is 5.32 Å². The van der Waals surface area contributed by atoms with E-state index in [-0.39, 0.29) is 5.82 Å². The average molecular weight is 390 g/mol. The van der Waals surface area contributed by atoms with Gasteiger partial charge in [0.2, 0.25) is 0 Å². The molecule has 2 aromatic carbocycles. The predicted octanol–water partition coefficient (Wildman–Crippen LogP) is 4.97. The summed E-state index contributed by atoms with van der Waals surface area (Å²) in [6, 6.07) is 9.36. The van der Waals surface area contributed by atoms with Crippen LogP contribution in [0.15, 0.2) is 41.1 Å². The third-order valence-corrected chi connectivity index (χ3v) is 4.40. The molecule has 24 heavy (non-hydrogen) atoms. The Balaban J connectivity index is 1.90. The summed E-state index contributed by atoms with van der Waals surface area (Å²) in [4.78, 5) is 14.6. The lowest BCUT2D eigenvalue weighted by Gasteiger charge is -2.11. The zero-order valence-electron chi connectivity index (χ0n) is 13.2. The third kappa shape index (κ3) is 3.33. The first kappa shape index (κ1) is 16.6. The summed E-state index contributed by atoms with van der Waals surface area (Å²) in [5.41, 5.74) is 3.33. The van der Waals surface area contributed by atoms with Crippen molar-refractivity contribution in [2.45, 2.75) is 26.3 Å². The monoisotopic (exact) mass is 389 g/mol. The third-order valence-electron chi connectivity index (χ3n) is 3.91. The maximum Gasteiger partial charge on any atom is 0.174 e. The molecule has 1 heterocycles. The molecule has 1 aromatic heterocycles. The number of aryl methyl sites for hydroxylation is 2. The van der Waals surface area contributed by atoms with Crippen LogP contribution >= 0.6 is 15.9 Å². The summed E-state index contributed by atoms with van der Waals surface area (Å²) in [6.07, 6.45) is 3.72. The minimum Gasteiger partial charge on any atom is -0.353 e. The van der Waals surface area contributed by atoms with Gasteiger partial charge in [0.1, 0.15) is 11.8 Å². The molecule has 0 radical (unpaired) electrons. The van der Waals surface area contributed by atoms with Crippen LogP contribution in [0, 0.1) is 12.7 Å². The fraction of sp³-hybridized carbons (Fsp3) is 0.222. The first-order chi connectivity index (χ1) is 11.6. The number of anilines is 2. The van der Waals surface area contributed by atoms with Crippen molar-refractivity contribution in [3.63, 3.8) is 0 Å². The number of halogens is 2. The van der Waals surface area contributed by atoms with Crippen molar-refractivity contribution in [1.82, 2.24) is 9.55 Å². The van der Waals surface area contributed by atoms with Crippen molar-refractivity contribution in [1.29, 1.82) is 0 Å². The Labute approximate surface area is 147 Å². The van der Waals surface area contributed by atoms with Crippen molar-refractivity contribution in [2.24, 2.45) is 0 Å². The van der Waals surface area contributed by atoms with Crippen LogP contribution in [-0.2, 0) is 11.3 Å². The molecule has 4 nitrogen and oxygen atoms in total. The van der Waals surface area contributed by atoms with Crippen LogP contribution in [-0.4, -0.2) is 15.8 Å². The minimum atomic E-state index is -0.371. The van der Waals surface area contributed by atoms with Crippen LogP contribution in [0.4, 0.5) is 15.8 Å². The van der Waals surface area contributed by atoms with Gasteiger partial charge in [-0.05, 0) is 49.2 Å². The molecule has 3 rings (SSSR count). The van der Waals surface area contributed by atoms with Crippen LogP contribution in [0.2, 0.25) is 0 Å². The first-order valence-electron chi connectivity index (χ1n) is 7.70. The first-order valence-corrected chi connectivity index (χ1v) is 8.49. The SMILES string of the molecule is Cc1cc(Br)ccc1Nc1ccc2c(ncn2CCCC=O)c1F. The smallest absolute Gasteiger partial charge is 0.174 e. The number of hydrogen-bond acceptors (Lipinski definition) is 3. The molecule has 0 fully saturated rings. The number of aromatic nitrogens is 2. The van der Waals surface area contributed by atoms with Crippen LogP contribution in [0.1, 0.15) is 18.4 Å². The highest BCUT2D eigenvalue weighted by Gasteiger charge is 2.13. The standard InChI is InChI=1S/C18H17BrFN3O/c1-12-10-13(19)4-5-14(12)22-15-6-7-16-18(17(15)20)21-11-23(16)8-2-3-9-24/h4-7,9-11,22H,2-3,8H2,1H3. The van der Waals surface area contributed by atoms with Crippen molar-refractivity contribution in [2.75, 3.05) is 5.32 Å². The van der Waals surface area contributed by atoms with Gasteiger partial charge in [-0.25, -0.2) is 9.37 Å². The van der Waals surface area contributed by atoms with Gasteiger partial charge in [-0.3, -0.25) is 0 Å². The number of imidazole rings is 1. The number of rotatable bonds is 6. The van der Waals surface area contributed by atoms with Gasteiger partial charge in [0.05, 0.1) is 17.5 Å². The van der Waals surface area contributed by atoms with Crippen molar-refractivity contribution >= 4 is 44.6 Å². The normalized spacial score (nSPS) is 11.0. The summed E-state index contributed by atoms with van der Waals surface area (Å²) in [6.45, 7) is 2.61. The quantitative estimate of drug-likeness (QED) is 0.478. The number of carbonyl (C=O) groups excluding carboxylic acids is 1. The molecular weight excluding hydrogens is 373 g/mol. The molecule has 3 aromatic rings. The number of hydrogen-bond donors (Lipinski definition) is 1. The fourth-order valence-electron chi connectivity index (χ4n) is 2.63. The van der Waals surface area contributed by atoms with Gasteiger partial charge in [-0.1, -0.05) is 15.9 Å². The number of benzene rings is 2. The maximum absolute atomic E-state index is 14.8. The average Bonchev–Trinajstić information content (AvgIpc) is 2.96. The highest BCUT2D eigenvalue weighted by Crippen LogP contribution is 2.29. The molecule has 0 bridgehead atoms. The number of carbonyl (C=O) groups is 1. The van der Waals surface area contributed by atoms with Gasteiger partial charge < -0.3 is 14.7 Å². The molecule has 0 unspecified atom stereocenters. The van der Waals surface area contributed by atoms with E-state index < -0.39 is 0 Å². The van der Waals surface area contributed by atoms with Gasteiger partial charge >= 0.3 is 0 Å². The molecule has 0 saturated carbocycles. The zero-order chi connectivity index (χ0) is 17.1. The van der Waals surface area contributed by atoms with Crippen LogP contribution in [0.25, 0.3) is 11.0 Å².